The summed E-state index contributed by atoms with van der Waals surface area (Å²) in [4.78, 5) is 29.9. The average Bonchev–Trinajstić information content (AvgIpc) is 3.25. The Morgan fingerprint density at radius 2 is 1.70 bits per heavy atom. The van der Waals surface area contributed by atoms with Crippen LogP contribution >= 0.6 is 11.3 Å². The molecule has 0 atom stereocenters. The lowest BCUT2D eigenvalue weighted by Crippen LogP contribution is -2.26. The van der Waals surface area contributed by atoms with E-state index in [0.717, 1.165) is 4.70 Å². The molecule has 0 N–H and O–H groups in total. The number of sulfonamides is 1. The Hall–Kier alpha value is -3.96. The fraction of sp³-hybridized carbons (Fsp3) is 0.192. The zero-order valence-electron chi connectivity index (χ0n) is 20.5. The number of carbonyl (C=O) groups is 2. The van der Waals surface area contributed by atoms with Gasteiger partial charge in [-0.15, -0.1) is 0 Å². The molecule has 0 fully saturated rings. The quantitative estimate of drug-likeness (QED) is 0.315. The summed E-state index contributed by atoms with van der Waals surface area (Å²) in [6, 6.07) is 19.7. The van der Waals surface area contributed by atoms with Crippen molar-refractivity contribution < 1.29 is 27.5 Å². The number of para-hydroxylation sites is 2. The number of fused-ring (bicyclic) bond motifs is 1. The van der Waals surface area contributed by atoms with E-state index in [4.69, 9.17) is 9.47 Å². The molecular weight excluding hydrogens is 514 g/mol. The average molecular weight is 540 g/mol. The summed E-state index contributed by atoms with van der Waals surface area (Å²) in [7, 11) is -0.829. The normalized spacial score (nSPS) is 11.9. The van der Waals surface area contributed by atoms with Crippen LogP contribution in [0.3, 0.4) is 0 Å². The predicted octanol–water partition coefficient (Wildman–Crippen LogP) is 3.84. The Bertz CT molecular complexity index is 1610. The third kappa shape index (κ3) is 5.42. The molecule has 0 radical (unpaired) electrons. The van der Waals surface area contributed by atoms with Crippen molar-refractivity contribution in [3.05, 3.63) is 83.2 Å². The Morgan fingerprint density at radius 3 is 2.35 bits per heavy atom. The van der Waals surface area contributed by atoms with Gasteiger partial charge in [0.25, 0.3) is 15.9 Å². The first-order valence-electron chi connectivity index (χ1n) is 11.3. The molecule has 0 bridgehead atoms. The molecule has 4 aromatic rings. The van der Waals surface area contributed by atoms with Crippen LogP contribution in [0, 0.1) is 0 Å². The molecule has 4 rings (SSSR count). The van der Waals surface area contributed by atoms with Gasteiger partial charge in [-0.1, -0.05) is 35.6 Å². The number of hydrogen-bond donors (Lipinski definition) is 0. The number of nitrogens with zero attached hydrogens (tertiary/aromatic N) is 3. The number of anilines is 1. The molecular formula is C26H25N3O6S2. The molecule has 0 spiro atoms. The number of aromatic nitrogens is 1. The van der Waals surface area contributed by atoms with Crippen LogP contribution in [0.2, 0.25) is 0 Å². The van der Waals surface area contributed by atoms with Gasteiger partial charge in [-0.25, -0.2) is 8.42 Å². The van der Waals surface area contributed by atoms with E-state index in [-0.39, 0.29) is 28.4 Å². The van der Waals surface area contributed by atoms with Gasteiger partial charge < -0.3 is 14.0 Å². The van der Waals surface area contributed by atoms with E-state index in [1.807, 2.05) is 12.1 Å². The van der Waals surface area contributed by atoms with E-state index in [2.05, 4.69) is 4.99 Å². The van der Waals surface area contributed by atoms with Crippen molar-refractivity contribution in [1.82, 2.24) is 4.57 Å². The van der Waals surface area contributed by atoms with Gasteiger partial charge in [0.15, 0.2) is 4.80 Å². The van der Waals surface area contributed by atoms with Gasteiger partial charge in [-0.05, 0) is 55.5 Å². The van der Waals surface area contributed by atoms with E-state index in [9.17, 15) is 18.0 Å². The van der Waals surface area contributed by atoms with Gasteiger partial charge in [-0.3, -0.25) is 13.9 Å². The van der Waals surface area contributed by atoms with Crippen LogP contribution in [0.5, 0.6) is 5.75 Å². The molecule has 9 nitrogen and oxygen atoms in total. The largest absolute Gasteiger partial charge is 0.495 e. The molecule has 37 heavy (non-hydrogen) atoms. The van der Waals surface area contributed by atoms with Gasteiger partial charge in [0.2, 0.25) is 0 Å². The van der Waals surface area contributed by atoms with Gasteiger partial charge in [0.05, 0.1) is 29.0 Å². The van der Waals surface area contributed by atoms with Crippen LogP contribution in [0.4, 0.5) is 5.69 Å². The lowest BCUT2D eigenvalue weighted by Gasteiger charge is -2.19. The van der Waals surface area contributed by atoms with Crippen molar-refractivity contribution in [2.45, 2.75) is 18.4 Å². The van der Waals surface area contributed by atoms with Crippen LogP contribution in [0.15, 0.2) is 82.7 Å². The summed E-state index contributed by atoms with van der Waals surface area (Å²) in [6.07, 6.45) is 0. The first kappa shape index (κ1) is 26.1. The highest BCUT2D eigenvalue weighted by Gasteiger charge is 2.22. The monoisotopic (exact) mass is 539 g/mol. The highest BCUT2D eigenvalue weighted by molar-refractivity contribution is 7.92. The first-order chi connectivity index (χ1) is 17.8. The summed E-state index contributed by atoms with van der Waals surface area (Å²) in [5.74, 6) is -0.522. The number of hydrogen-bond acceptors (Lipinski definition) is 7. The lowest BCUT2D eigenvalue weighted by molar-refractivity contribution is -0.143. The Morgan fingerprint density at radius 1 is 1.00 bits per heavy atom. The number of thiazole rings is 1. The van der Waals surface area contributed by atoms with Crippen molar-refractivity contribution >= 4 is 49.1 Å². The van der Waals surface area contributed by atoms with E-state index in [1.54, 1.807) is 47.9 Å². The summed E-state index contributed by atoms with van der Waals surface area (Å²) in [6.45, 7) is 1.78. The van der Waals surface area contributed by atoms with Crippen molar-refractivity contribution in [3.63, 3.8) is 0 Å². The van der Waals surface area contributed by atoms with Crippen LogP contribution in [-0.4, -0.2) is 45.6 Å². The van der Waals surface area contributed by atoms with Crippen molar-refractivity contribution in [3.8, 4) is 5.75 Å². The topological polar surface area (TPSA) is 107 Å². The highest BCUT2D eigenvalue weighted by atomic mass is 32.2. The zero-order valence-corrected chi connectivity index (χ0v) is 22.1. The molecule has 0 aliphatic rings. The van der Waals surface area contributed by atoms with E-state index < -0.39 is 21.9 Å². The molecule has 0 aliphatic carbocycles. The van der Waals surface area contributed by atoms with Crippen molar-refractivity contribution in [1.29, 1.82) is 0 Å². The Kier molecular flexibility index (Phi) is 7.74. The van der Waals surface area contributed by atoms with Gasteiger partial charge in [-0.2, -0.15) is 4.99 Å². The van der Waals surface area contributed by atoms with Gasteiger partial charge in [0.1, 0.15) is 17.8 Å². The maximum Gasteiger partial charge on any atom is 0.326 e. The van der Waals surface area contributed by atoms with Crippen molar-refractivity contribution in [2.24, 2.45) is 4.99 Å². The number of benzene rings is 3. The van der Waals surface area contributed by atoms with E-state index in [0.29, 0.717) is 17.0 Å². The second kappa shape index (κ2) is 11.0. The standard InChI is InChI=1S/C26H25N3O6S2/c1-4-35-23(30)17-29-24-21(34-3)11-8-12-22(24)36-26(29)27-25(31)18-13-15-20(16-14-18)37(32,33)28(2)19-9-6-5-7-10-19/h5-16H,4,17H2,1-3H3. The summed E-state index contributed by atoms with van der Waals surface area (Å²) >= 11 is 1.23. The molecule has 0 aliphatic heterocycles. The first-order valence-corrected chi connectivity index (χ1v) is 13.6. The summed E-state index contributed by atoms with van der Waals surface area (Å²) < 4.78 is 40.1. The van der Waals surface area contributed by atoms with Gasteiger partial charge in [0, 0.05) is 12.6 Å². The molecule has 0 saturated carbocycles. The zero-order chi connectivity index (χ0) is 26.6. The molecule has 1 aromatic heterocycles. The highest BCUT2D eigenvalue weighted by Crippen LogP contribution is 2.27. The molecule has 11 heteroatoms. The molecule has 0 unspecified atom stereocenters. The number of carbonyl (C=O) groups excluding carboxylic acids is 2. The SMILES string of the molecule is CCOC(=O)Cn1c(=NC(=O)c2ccc(S(=O)(=O)N(C)c3ccccc3)cc2)sc2cccc(OC)c21. The fourth-order valence-electron chi connectivity index (χ4n) is 3.69. The fourth-order valence-corrected chi connectivity index (χ4v) is 5.93. The minimum Gasteiger partial charge on any atom is -0.495 e. The third-order valence-corrected chi connectivity index (χ3v) is 8.40. The Labute approximate surface area is 218 Å². The number of rotatable bonds is 8. The number of methoxy groups -OCH3 is 1. The van der Waals surface area contributed by atoms with Crippen molar-refractivity contribution in [2.75, 3.05) is 25.1 Å². The molecule has 1 amide bonds. The molecule has 1 heterocycles. The van der Waals surface area contributed by atoms with E-state index in [1.165, 1.54) is 54.1 Å². The molecule has 0 saturated heterocycles. The number of amides is 1. The van der Waals surface area contributed by atoms with Crippen LogP contribution in [0.1, 0.15) is 17.3 Å². The number of esters is 1. The second-order valence-electron chi connectivity index (χ2n) is 7.83. The van der Waals surface area contributed by atoms with Crippen LogP contribution in [-0.2, 0) is 26.1 Å². The smallest absolute Gasteiger partial charge is 0.326 e. The summed E-state index contributed by atoms with van der Waals surface area (Å²) in [5, 5.41) is 0. The van der Waals surface area contributed by atoms with Crippen LogP contribution < -0.4 is 13.8 Å². The minimum absolute atomic E-state index is 0.0411. The third-order valence-electron chi connectivity index (χ3n) is 5.55. The lowest BCUT2D eigenvalue weighted by atomic mass is 10.2. The number of ether oxygens (including phenoxy) is 2. The minimum atomic E-state index is -3.82. The van der Waals surface area contributed by atoms with Gasteiger partial charge >= 0.3 is 5.97 Å². The Balaban J connectivity index is 1.69. The predicted molar refractivity (Wildman–Crippen MR) is 141 cm³/mol. The molecule has 3 aromatic carbocycles. The van der Waals surface area contributed by atoms with Crippen LogP contribution in [0.25, 0.3) is 10.2 Å². The molecule has 192 valence electrons. The maximum absolute atomic E-state index is 13.0. The van der Waals surface area contributed by atoms with E-state index >= 15 is 0 Å². The summed E-state index contributed by atoms with van der Waals surface area (Å²) in [5.41, 5.74) is 1.34. The maximum atomic E-state index is 13.0. The second-order valence-corrected chi connectivity index (χ2v) is 10.8.